The van der Waals surface area contributed by atoms with E-state index in [0.717, 1.165) is 12.8 Å². The van der Waals surface area contributed by atoms with Crippen molar-refractivity contribution in [2.45, 2.75) is 24.9 Å². The van der Waals surface area contributed by atoms with Gasteiger partial charge in [-0.05, 0) is 30.5 Å². The monoisotopic (exact) mass is 344 g/mol. The quantitative estimate of drug-likeness (QED) is 0.809. The van der Waals surface area contributed by atoms with Crippen molar-refractivity contribution in [3.8, 4) is 11.5 Å². The third kappa shape index (κ3) is 4.41. The van der Waals surface area contributed by atoms with E-state index in [1.165, 1.54) is 12.1 Å². The second kappa shape index (κ2) is 7.42. The molecule has 2 N–H and O–H groups in total. The molecule has 0 radical (unpaired) electrons. The molecule has 0 aromatic heterocycles. The Hall–Kier alpha value is -2.76. The molecule has 0 bridgehead atoms. The molecule has 3 rings (SSSR count). The molecule has 1 unspecified atom stereocenters. The first kappa shape index (κ1) is 17.1. The second-order valence-electron chi connectivity index (χ2n) is 6.01. The molecule has 6 heteroatoms. The summed E-state index contributed by atoms with van der Waals surface area (Å²) in [5.74, 6) is 0.744. The van der Waals surface area contributed by atoms with Crippen molar-refractivity contribution in [3.05, 3.63) is 53.8 Å². The maximum absolute atomic E-state index is 13.2. The minimum absolute atomic E-state index is 0.143. The number of hydrogen-bond donors (Lipinski definition) is 2. The van der Waals surface area contributed by atoms with Crippen molar-refractivity contribution in [2.75, 3.05) is 19.5 Å². The van der Waals surface area contributed by atoms with E-state index < -0.39 is 6.04 Å². The van der Waals surface area contributed by atoms with Crippen LogP contribution in [0.2, 0.25) is 0 Å². The summed E-state index contributed by atoms with van der Waals surface area (Å²) in [7, 11) is 3.13. The first-order valence-corrected chi connectivity index (χ1v) is 8.14. The minimum Gasteiger partial charge on any atom is -0.497 e. The number of benzene rings is 2. The van der Waals surface area contributed by atoms with E-state index in [-0.39, 0.29) is 17.8 Å². The summed E-state index contributed by atoms with van der Waals surface area (Å²) in [5, 5.41) is 6.19. The van der Waals surface area contributed by atoms with Crippen LogP contribution in [0.3, 0.4) is 0 Å². The van der Waals surface area contributed by atoms with E-state index in [1.807, 2.05) is 0 Å². The highest BCUT2D eigenvalue weighted by Gasteiger charge is 2.28. The van der Waals surface area contributed by atoms with Crippen molar-refractivity contribution in [2.24, 2.45) is 0 Å². The molecule has 2 aromatic rings. The molecule has 0 heterocycles. The van der Waals surface area contributed by atoms with Gasteiger partial charge in [-0.1, -0.05) is 12.1 Å². The SMILES string of the molecule is COc1cc(NC(C(=O)NC2CC2)c2ccc(F)cc2)cc(OC)c1. The molecule has 1 aliphatic carbocycles. The van der Waals surface area contributed by atoms with Crippen LogP contribution in [-0.2, 0) is 4.79 Å². The number of hydrogen-bond acceptors (Lipinski definition) is 4. The van der Waals surface area contributed by atoms with Crippen LogP contribution < -0.4 is 20.1 Å². The summed E-state index contributed by atoms with van der Waals surface area (Å²) in [6, 6.07) is 10.8. The van der Waals surface area contributed by atoms with Crippen LogP contribution in [-0.4, -0.2) is 26.2 Å². The predicted molar refractivity (Wildman–Crippen MR) is 93.5 cm³/mol. The van der Waals surface area contributed by atoms with Gasteiger partial charge in [0, 0.05) is 29.9 Å². The summed E-state index contributed by atoms with van der Waals surface area (Å²) in [4.78, 5) is 12.7. The lowest BCUT2D eigenvalue weighted by Gasteiger charge is -2.21. The lowest BCUT2D eigenvalue weighted by molar-refractivity contribution is -0.122. The fraction of sp³-hybridized carbons (Fsp3) is 0.316. The van der Waals surface area contributed by atoms with Crippen LogP contribution in [0.5, 0.6) is 11.5 Å². The van der Waals surface area contributed by atoms with Crippen molar-refractivity contribution in [3.63, 3.8) is 0 Å². The zero-order valence-corrected chi connectivity index (χ0v) is 14.2. The molecule has 0 aliphatic heterocycles. The second-order valence-corrected chi connectivity index (χ2v) is 6.01. The Kier molecular flexibility index (Phi) is 5.07. The number of amides is 1. The highest BCUT2D eigenvalue weighted by atomic mass is 19.1. The lowest BCUT2D eigenvalue weighted by atomic mass is 10.1. The van der Waals surface area contributed by atoms with Crippen LogP contribution >= 0.6 is 0 Å². The van der Waals surface area contributed by atoms with E-state index in [2.05, 4.69) is 10.6 Å². The third-order valence-corrected chi connectivity index (χ3v) is 4.05. The Morgan fingerprint density at radius 2 is 1.68 bits per heavy atom. The van der Waals surface area contributed by atoms with Crippen molar-refractivity contribution >= 4 is 11.6 Å². The summed E-state index contributed by atoms with van der Waals surface area (Å²) in [6.45, 7) is 0. The van der Waals surface area contributed by atoms with E-state index in [0.29, 0.717) is 22.7 Å². The molecule has 132 valence electrons. The predicted octanol–water partition coefficient (Wildman–Crippen LogP) is 3.27. The van der Waals surface area contributed by atoms with Crippen LogP contribution in [0.1, 0.15) is 24.4 Å². The summed E-state index contributed by atoms with van der Waals surface area (Å²) >= 11 is 0. The van der Waals surface area contributed by atoms with E-state index in [9.17, 15) is 9.18 Å². The molecule has 1 atom stereocenters. The average Bonchev–Trinajstić information content (AvgIpc) is 3.44. The van der Waals surface area contributed by atoms with Crippen molar-refractivity contribution in [1.29, 1.82) is 0 Å². The van der Waals surface area contributed by atoms with Crippen LogP contribution in [0, 0.1) is 5.82 Å². The fourth-order valence-electron chi connectivity index (χ4n) is 2.53. The molecule has 1 fully saturated rings. The molecule has 2 aromatic carbocycles. The summed E-state index contributed by atoms with van der Waals surface area (Å²) in [6.07, 6.45) is 1.99. The number of carbonyl (C=O) groups excluding carboxylic acids is 1. The molecule has 0 spiro atoms. The van der Waals surface area contributed by atoms with Gasteiger partial charge in [-0.3, -0.25) is 4.79 Å². The average molecular weight is 344 g/mol. The Labute approximate surface area is 146 Å². The minimum atomic E-state index is -0.641. The molecule has 1 saturated carbocycles. The molecule has 25 heavy (non-hydrogen) atoms. The first-order chi connectivity index (χ1) is 12.1. The molecule has 5 nitrogen and oxygen atoms in total. The van der Waals surface area contributed by atoms with E-state index in [4.69, 9.17) is 9.47 Å². The van der Waals surface area contributed by atoms with Gasteiger partial charge in [0.15, 0.2) is 0 Å². The molecular weight excluding hydrogens is 323 g/mol. The highest BCUT2D eigenvalue weighted by molar-refractivity contribution is 5.86. The van der Waals surface area contributed by atoms with Crippen LogP contribution in [0.25, 0.3) is 0 Å². The van der Waals surface area contributed by atoms with Crippen molar-refractivity contribution < 1.29 is 18.7 Å². The van der Waals surface area contributed by atoms with Crippen molar-refractivity contribution in [1.82, 2.24) is 5.32 Å². The number of nitrogens with one attached hydrogen (secondary N) is 2. The summed E-state index contributed by atoms with van der Waals surface area (Å²) < 4.78 is 23.8. The Balaban J connectivity index is 1.88. The van der Waals surface area contributed by atoms with Gasteiger partial charge >= 0.3 is 0 Å². The maximum Gasteiger partial charge on any atom is 0.247 e. The van der Waals surface area contributed by atoms with Crippen LogP contribution in [0.4, 0.5) is 10.1 Å². The number of anilines is 1. The highest BCUT2D eigenvalue weighted by Crippen LogP contribution is 2.29. The van der Waals surface area contributed by atoms with E-state index in [1.54, 1.807) is 44.6 Å². The number of ether oxygens (including phenoxy) is 2. The first-order valence-electron chi connectivity index (χ1n) is 8.14. The summed E-state index contributed by atoms with van der Waals surface area (Å²) in [5.41, 5.74) is 1.36. The van der Waals surface area contributed by atoms with Gasteiger partial charge in [-0.25, -0.2) is 4.39 Å². The largest absolute Gasteiger partial charge is 0.497 e. The zero-order valence-electron chi connectivity index (χ0n) is 14.2. The Bertz CT molecular complexity index is 723. The van der Waals surface area contributed by atoms with Gasteiger partial charge in [0.2, 0.25) is 5.91 Å². The van der Waals surface area contributed by atoms with Gasteiger partial charge in [0.25, 0.3) is 0 Å². The number of carbonyl (C=O) groups is 1. The van der Waals surface area contributed by atoms with E-state index >= 15 is 0 Å². The zero-order chi connectivity index (χ0) is 17.8. The van der Waals surface area contributed by atoms with Gasteiger partial charge in [-0.15, -0.1) is 0 Å². The van der Waals surface area contributed by atoms with Gasteiger partial charge in [-0.2, -0.15) is 0 Å². The standard InChI is InChI=1S/C19H21FN2O3/c1-24-16-9-15(10-17(11-16)25-2)21-18(19(23)22-14-7-8-14)12-3-5-13(20)6-4-12/h3-6,9-11,14,18,21H,7-8H2,1-2H3,(H,22,23). The molecular formula is C19H21FN2O3. The maximum atomic E-state index is 13.2. The van der Waals surface area contributed by atoms with Crippen LogP contribution in [0.15, 0.2) is 42.5 Å². The number of halogens is 1. The fourth-order valence-corrected chi connectivity index (χ4v) is 2.53. The lowest BCUT2D eigenvalue weighted by Crippen LogP contribution is -2.34. The van der Waals surface area contributed by atoms with Gasteiger partial charge in [0.1, 0.15) is 23.4 Å². The Morgan fingerprint density at radius 3 is 2.20 bits per heavy atom. The molecule has 0 saturated heterocycles. The smallest absolute Gasteiger partial charge is 0.247 e. The molecule has 1 aliphatic rings. The van der Waals surface area contributed by atoms with Gasteiger partial charge < -0.3 is 20.1 Å². The topological polar surface area (TPSA) is 59.6 Å². The number of methoxy groups -OCH3 is 2. The molecule has 1 amide bonds. The normalized spacial score (nSPS) is 14.5. The third-order valence-electron chi connectivity index (χ3n) is 4.05. The number of rotatable bonds is 7. The van der Waals surface area contributed by atoms with Gasteiger partial charge in [0.05, 0.1) is 14.2 Å². The Morgan fingerprint density at radius 1 is 1.08 bits per heavy atom.